The number of anilines is 3. The minimum atomic E-state index is -0.543. The van der Waals surface area contributed by atoms with Crippen molar-refractivity contribution in [3.05, 3.63) is 36.2 Å². The van der Waals surface area contributed by atoms with Crippen LogP contribution in [0.5, 0.6) is 0 Å². The summed E-state index contributed by atoms with van der Waals surface area (Å²) >= 11 is 1.54. The fraction of sp³-hybridized carbons (Fsp3) is 0.560. The van der Waals surface area contributed by atoms with Gasteiger partial charge in [-0.3, -0.25) is 9.52 Å². The van der Waals surface area contributed by atoms with Crippen LogP contribution < -0.4 is 20.3 Å². The fourth-order valence-electron chi connectivity index (χ4n) is 4.15. The summed E-state index contributed by atoms with van der Waals surface area (Å²) < 4.78 is 3.39. The molecule has 0 unspecified atom stereocenters. The molecule has 1 saturated carbocycles. The molecule has 0 atom stereocenters. The lowest BCUT2D eigenvalue weighted by Crippen LogP contribution is -2.60. The number of hydrogen-bond acceptors (Lipinski definition) is 8. The number of aliphatic hydroxyl groups is 1. The third kappa shape index (κ3) is 5.82. The summed E-state index contributed by atoms with van der Waals surface area (Å²) in [5.41, 5.74) is 0.839. The molecular weight excluding hydrogens is 448 g/mol. The van der Waals surface area contributed by atoms with Crippen LogP contribution in [0.1, 0.15) is 64.4 Å². The molecule has 2 aromatic rings. The Morgan fingerprint density at radius 2 is 1.94 bits per heavy atom. The van der Waals surface area contributed by atoms with E-state index in [0.29, 0.717) is 28.4 Å². The summed E-state index contributed by atoms with van der Waals surface area (Å²) in [5, 5.41) is 15.8. The highest BCUT2D eigenvalue weighted by Gasteiger charge is 2.48. The number of carbonyl (C=O) groups excluding carboxylic acids is 1. The molecule has 2 aliphatic rings. The smallest absolute Gasteiger partial charge is 0.278 e. The predicted octanol–water partition coefficient (Wildman–Crippen LogP) is 4.30. The number of benzene rings is 1. The number of hydrogen-bond donors (Lipinski definition) is 4. The highest BCUT2D eigenvalue weighted by Crippen LogP contribution is 2.49. The summed E-state index contributed by atoms with van der Waals surface area (Å²) in [7, 11) is 0. The van der Waals surface area contributed by atoms with Gasteiger partial charge in [-0.1, -0.05) is 12.5 Å². The van der Waals surface area contributed by atoms with Crippen molar-refractivity contribution in [3.8, 4) is 0 Å². The van der Waals surface area contributed by atoms with Crippen LogP contribution in [-0.2, 0) is 0 Å². The lowest BCUT2D eigenvalue weighted by molar-refractivity contribution is 0.0885. The highest BCUT2D eigenvalue weighted by atomic mass is 32.2. The third-order valence-electron chi connectivity index (χ3n) is 6.16. The first-order chi connectivity index (χ1) is 16.0. The summed E-state index contributed by atoms with van der Waals surface area (Å²) in [6.45, 7) is 11.9. The fourth-order valence-corrected chi connectivity index (χ4v) is 4.91. The number of carbonyl (C=O) groups is 1. The molecule has 4 N–H and O–H groups in total. The Balaban J connectivity index is 1.53. The van der Waals surface area contributed by atoms with Crippen LogP contribution in [0.2, 0.25) is 0 Å². The van der Waals surface area contributed by atoms with Crippen LogP contribution in [0, 0.1) is 5.41 Å². The van der Waals surface area contributed by atoms with E-state index in [9.17, 15) is 9.90 Å². The topological polar surface area (TPSA) is 102 Å². The lowest BCUT2D eigenvalue weighted by atomic mass is 9.63. The van der Waals surface area contributed by atoms with Crippen LogP contribution in [0.25, 0.3) is 0 Å². The Morgan fingerprint density at radius 1 is 1.21 bits per heavy atom. The van der Waals surface area contributed by atoms with Gasteiger partial charge < -0.3 is 20.6 Å². The van der Waals surface area contributed by atoms with Gasteiger partial charge in [0.1, 0.15) is 5.82 Å². The molecule has 1 saturated heterocycles. The average molecular weight is 485 g/mol. The van der Waals surface area contributed by atoms with Crippen molar-refractivity contribution < 1.29 is 9.90 Å². The van der Waals surface area contributed by atoms with E-state index in [1.807, 2.05) is 38.1 Å². The van der Waals surface area contributed by atoms with Crippen molar-refractivity contribution in [3.63, 3.8) is 0 Å². The van der Waals surface area contributed by atoms with E-state index in [4.69, 9.17) is 4.98 Å². The first-order valence-electron chi connectivity index (χ1n) is 11.8. The van der Waals surface area contributed by atoms with E-state index in [1.54, 1.807) is 6.20 Å². The van der Waals surface area contributed by atoms with Crippen molar-refractivity contribution >= 4 is 35.2 Å². The molecule has 34 heavy (non-hydrogen) atoms. The van der Waals surface area contributed by atoms with Crippen molar-refractivity contribution in [2.24, 2.45) is 5.41 Å². The highest BCUT2D eigenvalue weighted by molar-refractivity contribution is 7.97. The van der Waals surface area contributed by atoms with Gasteiger partial charge in [0.2, 0.25) is 0 Å². The van der Waals surface area contributed by atoms with E-state index in [1.165, 1.54) is 31.2 Å². The predicted molar refractivity (Wildman–Crippen MR) is 138 cm³/mol. The van der Waals surface area contributed by atoms with Gasteiger partial charge in [-0.05, 0) is 77.6 Å². The van der Waals surface area contributed by atoms with Gasteiger partial charge in [0.25, 0.3) is 5.91 Å². The van der Waals surface area contributed by atoms with E-state index < -0.39 is 5.54 Å². The Kier molecular flexibility index (Phi) is 6.81. The van der Waals surface area contributed by atoms with Crippen LogP contribution in [0.15, 0.2) is 35.4 Å². The zero-order valence-corrected chi connectivity index (χ0v) is 21.6. The molecule has 8 nitrogen and oxygen atoms in total. The Labute approximate surface area is 206 Å². The van der Waals surface area contributed by atoms with Crippen LogP contribution in [-0.4, -0.2) is 51.8 Å². The summed E-state index contributed by atoms with van der Waals surface area (Å²) in [6.07, 6.45) is 5.31. The standard InChI is InChI=1S/C25H36N6O2S/c1-23(2,3)30-34-18-9-6-8-17(12-18)27-22(33)20-21(31-14-25(15-31)10-7-11-25)28-19(13-26-20)29-24(4,5)16-32/h6,8-9,12-13,30,32H,7,10-11,14-16H2,1-5H3,(H,27,33)(H,28,29). The number of nitrogens with zero attached hydrogens (tertiary/aromatic N) is 3. The Bertz CT molecular complexity index is 1040. The molecule has 1 spiro atoms. The lowest BCUT2D eigenvalue weighted by Gasteiger charge is -2.56. The molecule has 0 bridgehead atoms. The normalized spacial score (nSPS) is 17.2. The van der Waals surface area contributed by atoms with Gasteiger partial charge in [0.05, 0.1) is 18.3 Å². The zero-order valence-electron chi connectivity index (χ0n) is 20.7. The number of amides is 1. The van der Waals surface area contributed by atoms with Crippen molar-refractivity contribution in [1.29, 1.82) is 0 Å². The molecule has 9 heteroatoms. The van der Waals surface area contributed by atoms with E-state index >= 15 is 0 Å². The molecule has 2 fully saturated rings. The summed E-state index contributed by atoms with van der Waals surface area (Å²) in [6, 6.07) is 7.75. The van der Waals surface area contributed by atoms with Gasteiger partial charge in [0, 0.05) is 34.6 Å². The molecule has 1 aliphatic carbocycles. The molecule has 1 aromatic heterocycles. The van der Waals surface area contributed by atoms with Gasteiger partial charge in [-0.15, -0.1) is 0 Å². The molecule has 184 valence electrons. The Hall–Kier alpha value is -2.36. The average Bonchev–Trinajstić information content (AvgIpc) is 2.70. The quantitative estimate of drug-likeness (QED) is 0.412. The minimum Gasteiger partial charge on any atom is -0.394 e. The monoisotopic (exact) mass is 484 g/mol. The Morgan fingerprint density at radius 3 is 2.56 bits per heavy atom. The molecule has 0 radical (unpaired) electrons. The van der Waals surface area contributed by atoms with Crippen LogP contribution in [0.4, 0.5) is 17.3 Å². The molecular formula is C25H36N6O2S. The molecule has 1 amide bonds. The largest absolute Gasteiger partial charge is 0.394 e. The molecule has 4 rings (SSSR count). The third-order valence-corrected chi connectivity index (χ3v) is 7.37. The van der Waals surface area contributed by atoms with Gasteiger partial charge in [0.15, 0.2) is 11.5 Å². The second-order valence-electron chi connectivity index (χ2n) is 11.2. The molecule has 2 heterocycles. The maximum atomic E-state index is 13.3. The number of rotatable bonds is 8. The van der Waals surface area contributed by atoms with Crippen LogP contribution in [0.3, 0.4) is 0 Å². The van der Waals surface area contributed by atoms with Gasteiger partial charge in [-0.2, -0.15) is 0 Å². The first kappa shape index (κ1) is 24.8. The van der Waals surface area contributed by atoms with Crippen molar-refractivity contribution in [2.75, 3.05) is 35.2 Å². The molecule has 1 aromatic carbocycles. The number of nitrogens with one attached hydrogen (secondary N) is 3. The van der Waals surface area contributed by atoms with Crippen molar-refractivity contribution in [1.82, 2.24) is 14.7 Å². The maximum absolute atomic E-state index is 13.3. The maximum Gasteiger partial charge on any atom is 0.278 e. The van der Waals surface area contributed by atoms with Gasteiger partial charge in [-0.25, -0.2) is 9.97 Å². The van der Waals surface area contributed by atoms with E-state index in [-0.39, 0.29) is 18.1 Å². The summed E-state index contributed by atoms with van der Waals surface area (Å²) in [4.78, 5) is 25.7. The number of aliphatic hydroxyl groups excluding tert-OH is 1. The number of aromatic nitrogens is 2. The van der Waals surface area contributed by atoms with Crippen LogP contribution >= 0.6 is 11.9 Å². The minimum absolute atomic E-state index is 0.0240. The SMILES string of the molecule is CC(C)(C)NSc1cccc(NC(=O)c2ncc(NC(C)(C)CO)nc2N2CC3(CCC3)C2)c1. The first-order valence-corrected chi connectivity index (χ1v) is 12.7. The van der Waals surface area contributed by atoms with E-state index in [0.717, 1.165) is 18.0 Å². The van der Waals surface area contributed by atoms with E-state index in [2.05, 4.69) is 46.0 Å². The van der Waals surface area contributed by atoms with Crippen molar-refractivity contribution in [2.45, 2.75) is 69.9 Å². The second kappa shape index (κ2) is 9.36. The second-order valence-corrected chi connectivity index (χ2v) is 12.1. The summed E-state index contributed by atoms with van der Waals surface area (Å²) in [5.74, 6) is 0.858. The molecule has 1 aliphatic heterocycles. The van der Waals surface area contributed by atoms with Gasteiger partial charge >= 0.3 is 0 Å². The zero-order chi connectivity index (χ0) is 24.6.